The first-order chi connectivity index (χ1) is 15.7. The first kappa shape index (κ1) is 24.9. The molecule has 2 amide bonds. The molecule has 1 N–H and O–H groups in total. The average molecular weight is 485 g/mol. The van der Waals surface area contributed by atoms with E-state index in [1.54, 1.807) is 19.1 Å². The molecule has 1 atom stereocenters. The number of thiophene rings is 1. The summed E-state index contributed by atoms with van der Waals surface area (Å²) in [7, 11) is 2.73. The van der Waals surface area contributed by atoms with Crippen molar-refractivity contribution in [2.24, 2.45) is 0 Å². The number of amides is 2. The second-order valence-electron chi connectivity index (χ2n) is 7.91. The van der Waals surface area contributed by atoms with Crippen LogP contribution in [-0.2, 0) is 9.59 Å². The van der Waals surface area contributed by atoms with Gasteiger partial charge in [-0.05, 0) is 44.0 Å². The van der Waals surface area contributed by atoms with Gasteiger partial charge < -0.3 is 14.8 Å². The molecule has 0 saturated heterocycles. The van der Waals surface area contributed by atoms with Crippen molar-refractivity contribution < 1.29 is 32.2 Å². The number of methoxy groups -OCH3 is 2. The Labute approximate surface area is 194 Å². The van der Waals surface area contributed by atoms with Crippen molar-refractivity contribution in [2.75, 3.05) is 19.1 Å². The van der Waals surface area contributed by atoms with Gasteiger partial charge in [0.2, 0.25) is 5.91 Å². The predicted octanol–water partition coefficient (Wildman–Crippen LogP) is 5.16. The van der Waals surface area contributed by atoms with Gasteiger partial charge in [-0.2, -0.15) is 13.2 Å². The highest BCUT2D eigenvalue weighted by atomic mass is 32.1. The van der Waals surface area contributed by atoms with Crippen LogP contribution in [0.1, 0.15) is 47.9 Å². The van der Waals surface area contributed by atoms with Crippen LogP contribution >= 0.6 is 11.3 Å². The van der Waals surface area contributed by atoms with E-state index in [-0.39, 0.29) is 23.2 Å². The standard InChI is InChI=1S/C23H27F3N2O4S/c1-14-9-12-19(33-14)20(21(29)27-15-7-5-4-6-8-15)28(22(30)23(24,25)26)16-10-11-17(31-2)18(13-16)32-3/h9-13,15,20H,4-8H2,1-3H3,(H,27,29)/t20-/m1/s1. The molecule has 1 fully saturated rings. The van der Waals surface area contributed by atoms with Crippen molar-refractivity contribution in [2.45, 2.75) is 57.3 Å². The van der Waals surface area contributed by atoms with Crippen molar-refractivity contribution in [3.63, 3.8) is 0 Å². The number of benzene rings is 1. The Morgan fingerprint density at radius 3 is 2.27 bits per heavy atom. The molecule has 1 aromatic carbocycles. The van der Waals surface area contributed by atoms with Gasteiger partial charge in [-0.3, -0.25) is 14.5 Å². The molecule has 1 heterocycles. The lowest BCUT2D eigenvalue weighted by Crippen LogP contribution is -2.50. The fourth-order valence-corrected chi connectivity index (χ4v) is 4.96. The van der Waals surface area contributed by atoms with E-state index in [0.29, 0.717) is 9.78 Å². The zero-order valence-corrected chi connectivity index (χ0v) is 19.5. The summed E-state index contributed by atoms with van der Waals surface area (Å²) in [5, 5.41) is 2.88. The van der Waals surface area contributed by atoms with E-state index in [1.807, 2.05) is 0 Å². The quantitative estimate of drug-likeness (QED) is 0.590. The fourth-order valence-electron chi connectivity index (χ4n) is 4.00. The number of anilines is 1. The zero-order valence-electron chi connectivity index (χ0n) is 18.7. The van der Waals surface area contributed by atoms with Gasteiger partial charge in [-0.1, -0.05) is 19.3 Å². The molecule has 1 aliphatic carbocycles. The fraction of sp³-hybridized carbons (Fsp3) is 0.478. The SMILES string of the molecule is COc1ccc(N(C(=O)C(F)(F)F)[C@@H](C(=O)NC2CCCCC2)c2ccc(C)s2)cc1OC. The first-order valence-electron chi connectivity index (χ1n) is 10.6. The number of aryl methyl sites for hydroxylation is 1. The summed E-state index contributed by atoms with van der Waals surface area (Å²) in [5.41, 5.74) is -0.121. The molecule has 180 valence electrons. The Balaban J connectivity index is 2.11. The number of hydrogen-bond donors (Lipinski definition) is 1. The summed E-state index contributed by atoms with van der Waals surface area (Å²) in [5.74, 6) is -2.35. The third-order valence-corrected chi connectivity index (χ3v) is 6.65. The van der Waals surface area contributed by atoms with Crippen LogP contribution in [0, 0.1) is 6.92 Å². The monoisotopic (exact) mass is 484 g/mol. The Morgan fingerprint density at radius 1 is 1.06 bits per heavy atom. The van der Waals surface area contributed by atoms with E-state index in [2.05, 4.69) is 5.32 Å². The molecular formula is C23H27F3N2O4S. The van der Waals surface area contributed by atoms with Gasteiger partial charge >= 0.3 is 12.1 Å². The first-order valence-corrected chi connectivity index (χ1v) is 11.5. The van der Waals surface area contributed by atoms with Crippen molar-refractivity contribution in [1.82, 2.24) is 5.32 Å². The lowest BCUT2D eigenvalue weighted by molar-refractivity contribution is -0.171. The molecule has 0 unspecified atom stereocenters. The molecule has 6 nitrogen and oxygen atoms in total. The third-order valence-electron chi connectivity index (χ3n) is 5.60. The second kappa shape index (κ2) is 10.5. The Bertz CT molecular complexity index is 986. The van der Waals surface area contributed by atoms with Gasteiger partial charge in [0, 0.05) is 27.5 Å². The minimum atomic E-state index is -5.19. The molecule has 1 aromatic heterocycles. The predicted molar refractivity (Wildman–Crippen MR) is 120 cm³/mol. The second-order valence-corrected chi connectivity index (χ2v) is 9.23. The lowest BCUT2D eigenvalue weighted by Gasteiger charge is -2.33. The Hall–Kier alpha value is -2.75. The van der Waals surface area contributed by atoms with E-state index in [4.69, 9.17) is 9.47 Å². The van der Waals surface area contributed by atoms with Crippen LogP contribution < -0.4 is 19.7 Å². The minimum Gasteiger partial charge on any atom is -0.493 e. The lowest BCUT2D eigenvalue weighted by atomic mass is 9.95. The number of alkyl halides is 3. The van der Waals surface area contributed by atoms with Crippen molar-refractivity contribution >= 4 is 28.8 Å². The maximum absolute atomic E-state index is 13.7. The van der Waals surface area contributed by atoms with Gasteiger partial charge in [0.1, 0.15) is 0 Å². The van der Waals surface area contributed by atoms with Crippen LogP contribution in [-0.4, -0.2) is 38.3 Å². The molecule has 1 saturated carbocycles. The van der Waals surface area contributed by atoms with Crippen LogP contribution in [0.4, 0.5) is 18.9 Å². The maximum Gasteiger partial charge on any atom is 0.471 e. The van der Waals surface area contributed by atoms with Gasteiger partial charge in [0.25, 0.3) is 0 Å². The van der Waals surface area contributed by atoms with Gasteiger partial charge in [0.15, 0.2) is 17.5 Å². The third kappa shape index (κ3) is 5.79. The van der Waals surface area contributed by atoms with Crippen LogP contribution in [0.25, 0.3) is 0 Å². The minimum absolute atomic E-state index is 0.121. The molecule has 33 heavy (non-hydrogen) atoms. The molecule has 0 spiro atoms. The number of carbonyl (C=O) groups excluding carboxylic acids is 2. The van der Waals surface area contributed by atoms with E-state index >= 15 is 0 Å². The van der Waals surface area contributed by atoms with Crippen LogP contribution in [0.2, 0.25) is 0 Å². The van der Waals surface area contributed by atoms with Crippen molar-refractivity contribution in [3.05, 3.63) is 40.1 Å². The van der Waals surface area contributed by atoms with Crippen LogP contribution in [0.15, 0.2) is 30.3 Å². The number of halogens is 3. The van der Waals surface area contributed by atoms with E-state index in [1.165, 1.54) is 43.8 Å². The summed E-state index contributed by atoms with van der Waals surface area (Å²) in [4.78, 5) is 27.8. The number of nitrogens with one attached hydrogen (secondary N) is 1. The normalized spacial score (nSPS) is 15.6. The number of ether oxygens (including phenoxy) is 2. The maximum atomic E-state index is 13.7. The summed E-state index contributed by atoms with van der Waals surface area (Å²) >= 11 is 1.18. The van der Waals surface area contributed by atoms with Gasteiger partial charge in [-0.25, -0.2) is 0 Å². The van der Waals surface area contributed by atoms with Gasteiger partial charge in [0.05, 0.1) is 14.2 Å². The molecule has 0 radical (unpaired) electrons. The highest BCUT2D eigenvalue weighted by molar-refractivity contribution is 7.12. The molecule has 10 heteroatoms. The topological polar surface area (TPSA) is 67.9 Å². The molecule has 1 aliphatic rings. The average Bonchev–Trinajstić information content (AvgIpc) is 3.21. The van der Waals surface area contributed by atoms with Gasteiger partial charge in [-0.15, -0.1) is 11.3 Å². The molecule has 3 rings (SSSR count). The number of carbonyl (C=O) groups is 2. The van der Waals surface area contributed by atoms with E-state index < -0.39 is 24.0 Å². The molecule has 0 bridgehead atoms. The van der Waals surface area contributed by atoms with Crippen LogP contribution in [0.5, 0.6) is 11.5 Å². The summed E-state index contributed by atoms with van der Waals surface area (Å²) in [6.07, 6.45) is -0.743. The number of nitrogens with zero attached hydrogens (tertiary/aromatic N) is 1. The molecule has 2 aromatic rings. The molecule has 0 aliphatic heterocycles. The Kier molecular flexibility index (Phi) is 7.88. The highest BCUT2D eigenvalue weighted by Crippen LogP contribution is 2.39. The van der Waals surface area contributed by atoms with E-state index in [0.717, 1.165) is 37.0 Å². The molecular weight excluding hydrogens is 457 g/mol. The largest absolute Gasteiger partial charge is 0.493 e. The van der Waals surface area contributed by atoms with Crippen molar-refractivity contribution in [1.29, 1.82) is 0 Å². The summed E-state index contributed by atoms with van der Waals surface area (Å²) < 4.78 is 51.6. The van der Waals surface area contributed by atoms with E-state index in [9.17, 15) is 22.8 Å². The van der Waals surface area contributed by atoms with Crippen molar-refractivity contribution in [3.8, 4) is 11.5 Å². The Morgan fingerprint density at radius 2 is 1.73 bits per heavy atom. The zero-order chi connectivity index (χ0) is 24.2. The summed E-state index contributed by atoms with van der Waals surface area (Å²) in [6.45, 7) is 1.79. The summed E-state index contributed by atoms with van der Waals surface area (Å²) in [6, 6.07) is 5.66. The number of rotatable bonds is 7. The smallest absolute Gasteiger partial charge is 0.471 e. The highest BCUT2D eigenvalue weighted by Gasteiger charge is 2.48. The number of hydrogen-bond acceptors (Lipinski definition) is 5. The van der Waals surface area contributed by atoms with Crippen LogP contribution in [0.3, 0.4) is 0 Å².